The fourth-order valence-electron chi connectivity index (χ4n) is 3.72. The van der Waals surface area contributed by atoms with Gasteiger partial charge in [0.25, 0.3) is 0 Å². The highest BCUT2D eigenvalue weighted by Crippen LogP contribution is 2.42. The zero-order chi connectivity index (χ0) is 20.7. The molecule has 2 aliphatic rings. The zero-order valence-electron chi connectivity index (χ0n) is 16.9. The molecule has 0 aromatic heterocycles. The second-order valence-electron chi connectivity index (χ2n) is 7.28. The number of carbonyl (C=O) groups excluding carboxylic acids is 2. The molecule has 0 bridgehead atoms. The molecule has 3 amide bonds. The minimum Gasteiger partial charge on any atom is -0.497 e. The molecule has 5 nitrogen and oxygen atoms in total. The highest BCUT2D eigenvalue weighted by Gasteiger charge is 2.53. The molecule has 2 aromatic carbocycles. The Labute approximate surface area is 174 Å². The minimum absolute atomic E-state index is 0.207. The molecule has 0 N–H and O–H groups in total. The van der Waals surface area contributed by atoms with Crippen LogP contribution in [0.25, 0.3) is 0 Å². The number of aryl methyl sites for hydroxylation is 1. The van der Waals surface area contributed by atoms with Crippen molar-refractivity contribution in [1.82, 2.24) is 0 Å². The van der Waals surface area contributed by atoms with Crippen molar-refractivity contribution in [2.24, 2.45) is 5.92 Å². The zero-order valence-corrected chi connectivity index (χ0v) is 17.7. The predicted octanol–water partition coefficient (Wildman–Crippen LogP) is 4.74. The van der Waals surface area contributed by atoms with Gasteiger partial charge in [0, 0.05) is 6.07 Å². The fraction of sp³-hybridized carbons (Fsp3) is 0.261. The number of hydrogen-bond acceptors (Lipinski definition) is 4. The van der Waals surface area contributed by atoms with Crippen molar-refractivity contribution < 1.29 is 18.9 Å². The molecule has 4 rings (SSSR count). The Morgan fingerprint density at radius 3 is 2.55 bits per heavy atom. The number of benzene rings is 2. The molecule has 1 unspecified atom stereocenters. The number of fused-ring (bicyclic) bond motifs is 1. The Hall–Kier alpha value is -2.86. The number of anilines is 1. The largest absolute Gasteiger partial charge is 0.506 e. The van der Waals surface area contributed by atoms with Crippen molar-refractivity contribution in [3.05, 3.63) is 70.1 Å². The van der Waals surface area contributed by atoms with Crippen LogP contribution in [-0.2, 0) is 11.3 Å². The van der Waals surface area contributed by atoms with Crippen LogP contribution in [0.5, 0.6) is 5.75 Å². The van der Waals surface area contributed by atoms with E-state index in [9.17, 15) is 9.59 Å². The van der Waals surface area contributed by atoms with Gasteiger partial charge in [-0.1, -0.05) is 42.1 Å². The molecule has 2 heterocycles. The van der Waals surface area contributed by atoms with Gasteiger partial charge in [-0.25, -0.2) is 4.79 Å². The van der Waals surface area contributed by atoms with Gasteiger partial charge in [-0.3, -0.25) is 0 Å². The van der Waals surface area contributed by atoms with Gasteiger partial charge in [-0.05, 0) is 54.5 Å². The van der Waals surface area contributed by atoms with Crippen molar-refractivity contribution in [3.63, 3.8) is 0 Å². The average Bonchev–Trinajstić information content (AvgIpc) is 3.01. The quantitative estimate of drug-likeness (QED) is 0.687. The highest BCUT2D eigenvalue weighted by molar-refractivity contribution is 8.17. The first-order chi connectivity index (χ1) is 13.9. The third-order valence-corrected chi connectivity index (χ3v) is 6.84. The van der Waals surface area contributed by atoms with E-state index < -0.39 is 5.92 Å². The normalized spacial score (nSPS) is 19.2. The summed E-state index contributed by atoms with van der Waals surface area (Å²) in [6.45, 7) is 6.44. The van der Waals surface area contributed by atoms with Crippen LogP contribution >= 0.6 is 11.8 Å². The number of carbonyl (C=O) groups is 2. The molecule has 1 atom stereocenters. The van der Waals surface area contributed by atoms with Crippen LogP contribution in [-0.4, -0.2) is 28.7 Å². The van der Waals surface area contributed by atoms with Crippen LogP contribution in [0.3, 0.4) is 0 Å². The summed E-state index contributed by atoms with van der Waals surface area (Å²) in [4.78, 5) is 29.3. The van der Waals surface area contributed by atoms with E-state index in [1.807, 2.05) is 45.0 Å². The molecule has 2 aromatic rings. The van der Waals surface area contributed by atoms with Crippen molar-refractivity contribution >= 4 is 34.4 Å². The minimum atomic E-state index is -0.423. The van der Waals surface area contributed by atoms with Crippen LogP contribution in [0, 0.1) is 12.8 Å². The molecule has 0 fully saturated rings. The lowest BCUT2D eigenvalue weighted by atomic mass is 9.97. The molecule has 2 aliphatic heterocycles. The topological polar surface area (TPSA) is 49.6 Å². The van der Waals surface area contributed by atoms with E-state index in [1.165, 1.54) is 16.7 Å². The Bertz CT molecular complexity index is 1090. The number of nitrogens with zero attached hydrogens (tertiary/aromatic N) is 2. The summed E-state index contributed by atoms with van der Waals surface area (Å²) in [6.07, 6.45) is 0. The molecule has 0 saturated carbocycles. The number of rotatable bonds is 4. The maximum Gasteiger partial charge on any atom is 0.506 e. The number of imide groups is 1. The molecule has 0 saturated heterocycles. The molecule has 0 spiro atoms. The number of urea groups is 1. The van der Waals surface area contributed by atoms with E-state index in [0.29, 0.717) is 18.0 Å². The summed E-state index contributed by atoms with van der Waals surface area (Å²) in [6, 6.07) is 14.8. The monoisotopic (exact) mass is 407 g/mol. The van der Waals surface area contributed by atoms with Gasteiger partial charge in [0.2, 0.25) is 0 Å². The molecule has 6 heteroatoms. The molecule has 148 valence electrons. The van der Waals surface area contributed by atoms with E-state index >= 15 is 0 Å². The van der Waals surface area contributed by atoms with E-state index in [1.54, 1.807) is 36.0 Å². The second-order valence-corrected chi connectivity index (χ2v) is 8.52. The van der Waals surface area contributed by atoms with E-state index in [-0.39, 0.29) is 11.9 Å². The summed E-state index contributed by atoms with van der Waals surface area (Å²) in [5.74, 6) is -0.0263. The third-order valence-electron chi connectivity index (χ3n) is 5.55. The lowest BCUT2D eigenvalue weighted by Crippen LogP contribution is -2.53. The van der Waals surface area contributed by atoms with Gasteiger partial charge < -0.3 is 4.74 Å². The lowest BCUT2D eigenvalue weighted by molar-refractivity contribution is -0.443. The summed E-state index contributed by atoms with van der Waals surface area (Å²) in [5, 5.41) is 0.803. The van der Waals surface area contributed by atoms with Gasteiger partial charge >= 0.3 is 11.9 Å². The number of thioether (sulfide) groups is 1. The van der Waals surface area contributed by atoms with Crippen LogP contribution in [0.1, 0.15) is 25.0 Å². The number of allylic oxidation sites excluding steroid dienone is 1. The molecule has 29 heavy (non-hydrogen) atoms. The summed E-state index contributed by atoms with van der Waals surface area (Å²) < 4.78 is 7.05. The van der Waals surface area contributed by atoms with Gasteiger partial charge in [0.15, 0.2) is 11.0 Å². The second kappa shape index (κ2) is 7.52. The smallest absolute Gasteiger partial charge is 0.497 e. The van der Waals surface area contributed by atoms with Crippen LogP contribution < -0.4 is 9.64 Å². The lowest BCUT2D eigenvalue weighted by Gasteiger charge is -2.25. The van der Waals surface area contributed by atoms with E-state index in [2.05, 4.69) is 0 Å². The molecule has 0 radical (unpaired) electrons. The Kier molecular flexibility index (Phi) is 5.04. The first-order valence-electron chi connectivity index (χ1n) is 9.48. The first-order valence-corrected chi connectivity index (χ1v) is 10.3. The maximum absolute atomic E-state index is 13.5. The van der Waals surface area contributed by atoms with Crippen molar-refractivity contribution in [2.45, 2.75) is 27.3 Å². The third kappa shape index (κ3) is 3.27. The maximum atomic E-state index is 13.5. The highest BCUT2D eigenvalue weighted by atomic mass is 32.2. The van der Waals surface area contributed by atoms with Crippen LogP contribution in [0.4, 0.5) is 10.5 Å². The Morgan fingerprint density at radius 1 is 1.07 bits per heavy atom. The molecular formula is C23H23N2O3S+. The van der Waals surface area contributed by atoms with Crippen LogP contribution in [0.15, 0.2) is 59.0 Å². The number of methoxy groups -OCH3 is 1. The number of hydrogen-bond donors (Lipinski definition) is 0. The summed E-state index contributed by atoms with van der Waals surface area (Å²) in [5.41, 5.74) is 3.71. The fourth-order valence-corrected chi connectivity index (χ4v) is 4.96. The van der Waals surface area contributed by atoms with E-state index in [4.69, 9.17) is 4.74 Å². The van der Waals surface area contributed by atoms with Crippen molar-refractivity contribution in [3.8, 4) is 5.75 Å². The summed E-state index contributed by atoms with van der Waals surface area (Å²) >= 11 is 1.53. The summed E-state index contributed by atoms with van der Waals surface area (Å²) in [7, 11) is 1.57. The SMILES string of the molecule is COc1cccc(N2C(=O)C3C(C)=C(C)SC3=[N+](Cc3ccccc3C)C2=O)c1. The molecular weight excluding hydrogens is 384 g/mol. The van der Waals surface area contributed by atoms with Crippen molar-refractivity contribution in [1.29, 1.82) is 0 Å². The van der Waals surface area contributed by atoms with Gasteiger partial charge in [0.1, 0.15) is 18.0 Å². The van der Waals surface area contributed by atoms with E-state index in [0.717, 1.165) is 26.6 Å². The average molecular weight is 408 g/mol. The van der Waals surface area contributed by atoms with Gasteiger partial charge in [-0.2, -0.15) is 9.37 Å². The number of amides is 3. The molecule has 0 aliphatic carbocycles. The first kappa shape index (κ1) is 19.5. The van der Waals surface area contributed by atoms with Crippen molar-refractivity contribution in [2.75, 3.05) is 12.0 Å². The Morgan fingerprint density at radius 2 is 1.83 bits per heavy atom. The standard InChI is InChI=1S/C23H23N2O3S/c1-14-8-5-6-9-17(14)13-24-22-20(15(2)16(3)29-22)21(26)25(23(24)27)18-10-7-11-19(12-18)28-4/h5-12,20H,13H2,1-4H3/q+1. The van der Waals surface area contributed by atoms with Crippen LogP contribution in [0.2, 0.25) is 0 Å². The predicted molar refractivity (Wildman–Crippen MR) is 115 cm³/mol. The van der Waals surface area contributed by atoms with Gasteiger partial charge in [-0.15, -0.1) is 4.90 Å². The van der Waals surface area contributed by atoms with Gasteiger partial charge in [0.05, 0.1) is 7.11 Å². The Balaban J connectivity index is 1.84. The number of ether oxygens (including phenoxy) is 1.